The lowest BCUT2D eigenvalue weighted by Gasteiger charge is -2.10. The van der Waals surface area contributed by atoms with Crippen LogP contribution in [0.1, 0.15) is 11.1 Å². The Morgan fingerprint density at radius 1 is 1.26 bits per heavy atom. The zero-order valence-corrected chi connectivity index (χ0v) is 14.5. The molecule has 0 aliphatic carbocycles. The minimum absolute atomic E-state index is 0.0779. The highest BCUT2D eigenvalue weighted by atomic mass is 79.9. The zero-order chi connectivity index (χ0) is 16.2. The summed E-state index contributed by atoms with van der Waals surface area (Å²) in [6, 6.07) is 12.3. The van der Waals surface area contributed by atoms with Gasteiger partial charge in [0.15, 0.2) is 0 Å². The van der Waals surface area contributed by atoms with E-state index in [0.717, 1.165) is 38.7 Å². The van der Waals surface area contributed by atoms with Crippen molar-refractivity contribution in [2.75, 3.05) is 12.3 Å². The topological polar surface area (TPSA) is 64.7 Å². The fourth-order valence-electron chi connectivity index (χ4n) is 2.14. The van der Waals surface area contributed by atoms with Crippen LogP contribution >= 0.6 is 27.7 Å². The van der Waals surface area contributed by atoms with Gasteiger partial charge in [0.05, 0.1) is 14.4 Å². The van der Waals surface area contributed by atoms with Crippen LogP contribution in [0.5, 0.6) is 5.75 Å². The van der Waals surface area contributed by atoms with Crippen LogP contribution < -0.4 is 4.74 Å². The van der Waals surface area contributed by atoms with Crippen LogP contribution in [-0.2, 0) is 6.61 Å². The largest absolute Gasteiger partial charge is 0.488 e. The lowest BCUT2D eigenvalue weighted by molar-refractivity contribution is -0.384. The number of hydrogen-bond donors (Lipinski definition) is 0. The van der Waals surface area contributed by atoms with E-state index in [9.17, 15) is 10.1 Å². The first-order chi connectivity index (χ1) is 11.1. The smallest absolute Gasteiger partial charge is 0.269 e. The molecule has 2 aromatic carbocycles. The highest BCUT2D eigenvalue weighted by molar-refractivity contribution is 9.10. The van der Waals surface area contributed by atoms with Gasteiger partial charge in [-0.15, -0.1) is 11.8 Å². The summed E-state index contributed by atoms with van der Waals surface area (Å²) in [5.41, 5.74) is 2.04. The monoisotopic (exact) mass is 392 g/mol. The number of nitro groups is 1. The molecule has 0 N–H and O–H groups in total. The highest BCUT2D eigenvalue weighted by Gasteiger charge is 2.12. The average Bonchev–Trinajstić information content (AvgIpc) is 3.08. The van der Waals surface area contributed by atoms with Gasteiger partial charge in [-0.1, -0.05) is 0 Å². The summed E-state index contributed by atoms with van der Waals surface area (Å²) < 4.78 is 6.65. The minimum atomic E-state index is -0.413. The van der Waals surface area contributed by atoms with Gasteiger partial charge in [0, 0.05) is 30.0 Å². The molecule has 0 unspecified atom stereocenters. The Morgan fingerprint density at radius 3 is 2.65 bits per heavy atom. The van der Waals surface area contributed by atoms with Gasteiger partial charge in [-0.2, -0.15) is 0 Å². The third-order valence-electron chi connectivity index (χ3n) is 3.31. The number of non-ortho nitro benzene ring substituents is 1. The fourth-order valence-corrected chi connectivity index (χ4v) is 3.48. The van der Waals surface area contributed by atoms with E-state index in [1.54, 1.807) is 23.9 Å². The summed E-state index contributed by atoms with van der Waals surface area (Å²) in [5, 5.41) is 11.7. The lowest BCUT2D eigenvalue weighted by Crippen LogP contribution is -1.98. The maximum absolute atomic E-state index is 10.6. The molecular weight excluding hydrogens is 380 g/mol. The minimum Gasteiger partial charge on any atom is -0.488 e. The summed E-state index contributed by atoms with van der Waals surface area (Å²) in [4.78, 5) is 14.7. The van der Waals surface area contributed by atoms with Crippen LogP contribution in [-0.4, -0.2) is 22.3 Å². The molecule has 1 aliphatic rings. The number of aliphatic imine (C=N–C) groups is 1. The molecule has 0 amide bonds. The number of hydrogen-bond acceptors (Lipinski definition) is 5. The standard InChI is InChI=1S/C16H13BrN2O3S/c17-14-9-12(16-18-7-8-23-16)3-6-15(14)22-10-11-1-4-13(5-2-11)19(20)21/h1-6,9H,7-8,10H2. The van der Waals surface area contributed by atoms with Gasteiger partial charge < -0.3 is 4.74 Å². The quantitative estimate of drug-likeness (QED) is 0.557. The predicted molar refractivity (Wildman–Crippen MR) is 95.4 cm³/mol. The van der Waals surface area contributed by atoms with Crippen LogP contribution in [0.4, 0.5) is 5.69 Å². The van der Waals surface area contributed by atoms with Gasteiger partial charge in [-0.05, 0) is 51.8 Å². The van der Waals surface area contributed by atoms with Crippen molar-refractivity contribution >= 4 is 38.4 Å². The molecule has 0 saturated heterocycles. The Bertz CT molecular complexity index is 762. The molecular formula is C16H13BrN2O3S. The second-order valence-corrected chi connectivity index (χ2v) is 6.83. The maximum atomic E-state index is 10.6. The van der Waals surface area contributed by atoms with Crippen LogP contribution in [0, 0.1) is 10.1 Å². The normalized spacial score (nSPS) is 13.7. The van der Waals surface area contributed by atoms with E-state index in [0.29, 0.717) is 6.61 Å². The molecule has 23 heavy (non-hydrogen) atoms. The van der Waals surface area contributed by atoms with E-state index in [2.05, 4.69) is 20.9 Å². The number of ether oxygens (including phenoxy) is 1. The third-order valence-corrected chi connectivity index (χ3v) is 4.95. The van der Waals surface area contributed by atoms with Crippen molar-refractivity contribution in [3.05, 3.63) is 68.2 Å². The number of benzene rings is 2. The Hall–Kier alpha value is -1.86. The van der Waals surface area contributed by atoms with E-state index in [1.165, 1.54) is 12.1 Å². The summed E-state index contributed by atoms with van der Waals surface area (Å²) in [6.45, 7) is 1.22. The molecule has 0 atom stereocenters. The lowest BCUT2D eigenvalue weighted by atomic mass is 10.2. The summed E-state index contributed by atoms with van der Waals surface area (Å²) in [7, 11) is 0. The Labute approximate surface area is 146 Å². The molecule has 5 nitrogen and oxygen atoms in total. The van der Waals surface area contributed by atoms with Crippen molar-refractivity contribution in [2.45, 2.75) is 6.61 Å². The van der Waals surface area contributed by atoms with Crippen LogP contribution in [0.2, 0.25) is 0 Å². The highest BCUT2D eigenvalue weighted by Crippen LogP contribution is 2.29. The number of thioether (sulfide) groups is 1. The SMILES string of the molecule is O=[N+]([O-])c1ccc(COc2ccc(C3=NCCS3)cc2Br)cc1. The summed E-state index contributed by atoms with van der Waals surface area (Å²) in [6.07, 6.45) is 0. The number of nitro benzene ring substituents is 1. The van der Waals surface area contributed by atoms with E-state index in [-0.39, 0.29) is 5.69 Å². The van der Waals surface area contributed by atoms with Gasteiger partial charge in [0.25, 0.3) is 5.69 Å². The van der Waals surface area contributed by atoms with Gasteiger partial charge in [0.1, 0.15) is 12.4 Å². The van der Waals surface area contributed by atoms with E-state index < -0.39 is 4.92 Å². The molecule has 2 aromatic rings. The first-order valence-corrected chi connectivity index (χ1v) is 8.74. The first-order valence-electron chi connectivity index (χ1n) is 6.97. The second-order valence-electron chi connectivity index (χ2n) is 4.89. The van der Waals surface area contributed by atoms with Crippen molar-refractivity contribution in [1.82, 2.24) is 0 Å². The molecule has 0 saturated carbocycles. The molecule has 0 spiro atoms. The first kappa shape index (κ1) is 16.0. The van der Waals surface area contributed by atoms with Crippen LogP contribution in [0.25, 0.3) is 0 Å². The Morgan fingerprint density at radius 2 is 2.04 bits per heavy atom. The molecule has 0 fully saturated rings. The fraction of sp³-hybridized carbons (Fsp3) is 0.188. The average molecular weight is 393 g/mol. The zero-order valence-electron chi connectivity index (χ0n) is 12.1. The van der Waals surface area contributed by atoms with Gasteiger partial charge in [-0.3, -0.25) is 15.1 Å². The van der Waals surface area contributed by atoms with E-state index in [1.807, 2.05) is 18.2 Å². The third kappa shape index (κ3) is 3.92. The number of rotatable bonds is 5. The number of halogens is 1. The van der Waals surface area contributed by atoms with Crippen LogP contribution in [0.3, 0.4) is 0 Å². The Kier molecular flexibility index (Phi) is 4.97. The van der Waals surface area contributed by atoms with Crippen molar-refractivity contribution in [2.24, 2.45) is 4.99 Å². The van der Waals surface area contributed by atoms with Gasteiger partial charge in [0.2, 0.25) is 0 Å². The van der Waals surface area contributed by atoms with Crippen molar-refractivity contribution in [1.29, 1.82) is 0 Å². The molecule has 0 bridgehead atoms. The molecule has 3 rings (SSSR count). The van der Waals surface area contributed by atoms with Crippen molar-refractivity contribution < 1.29 is 9.66 Å². The second kappa shape index (κ2) is 7.14. The summed E-state index contributed by atoms with van der Waals surface area (Å²) in [5.74, 6) is 1.77. The van der Waals surface area contributed by atoms with Crippen molar-refractivity contribution in [3.8, 4) is 5.75 Å². The predicted octanol–water partition coefficient (Wildman–Crippen LogP) is 4.43. The molecule has 1 aliphatic heterocycles. The Balaban J connectivity index is 1.67. The summed E-state index contributed by atoms with van der Waals surface area (Å²) >= 11 is 5.28. The van der Waals surface area contributed by atoms with Gasteiger partial charge >= 0.3 is 0 Å². The number of nitrogens with zero attached hydrogens (tertiary/aromatic N) is 2. The van der Waals surface area contributed by atoms with E-state index >= 15 is 0 Å². The maximum Gasteiger partial charge on any atom is 0.269 e. The molecule has 1 heterocycles. The van der Waals surface area contributed by atoms with Gasteiger partial charge in [-0.25, -0.2) is 0 Å². The van der Waals surface area contributed by atoms with E-state index in [4.69, 9.17) is 4.74 Å². The molecule has 0 aromatic heterocycles. The van der Waals surface area contributed by atoms with Crippen molar-refractivity contribution in [3.63, 3.8) is 0 Å². The van der Waals surface area contributed by atoms with Crippen LogP contribution in [0.15, 0.2) is 51.9 Å². The molecule has 118 valence electrons. The molecule has 0 radical (unpaired) electrons. The molecule has 7 heteroatoms.